The van der Waals surface area contributed by atoms with Crippen molar-refractivity contribution in [2.24, 2.45) is 5.41 Å². The second-order valence-electron chi connectivity index (χ2n) is 8.28. The Balaban J connectivity index is 2.49. The zero-order valence-corrected chi connectivity index (χ0v) is 18.4. The summed E-state index contributed by atoms with van der Waals surface area (Å²) in [5.74, 6) is 1.53. The lowest BCUT2D eigenvalue weighted by Gasteiger charge is -2.20. The lowest BCUT2D eigenvalue weighted by Crippen LogP contribution is -2.24. The van der Waals surface area contributed by atoms with Crippen molar-refractivity contribution in [3.05, 3.63) is 40.5 Å². The number of thioether (sulfide) groups is 1. The molecule has 0 amide bonds. The molecule has 2 rings (SSSR count). The first-order valence-corrected chi connectivity index (χ1v) is 10.5. The average molecular weight is 372 g/mol. The average Bonchev–Trinajstić information content (AvgIpc) is 2.88. The van der Waals surface area contributed by atoms with Crippen molar-refractivity contribution in [3.8, 4) is 11.3 Å². The molecular formula is C23H33NOS. The predicted octanol–water partition coefficient (Wildman–Crippen LogP) is 6.83. The number of H-pyrrole nitrogens is 1. The van der Waals surface area contributed by atoms with Gasteiger partial charge in [-0.2, -0.15) is 0 Å². The van der Waals surface area contributed by atoms with E-state index in [9.17, 15) is 4.79 Å². The van der Waals surface area contributed by atoms with Gasteiger partial charge in [0.1, 0.15) is 5.78 Å². The van der Waals surface area contributed by atoms with E-state index in [4.69, 9.17) is 0 Å². The number of hydrogen-bond acceptors (Lipinski definition) is 2. The van der Waals surface area contributed by atoms with Gasteiger partial charge in [-0.25, -0.2) is 0 Å². The molecule has 3 heteroatoms. The summed E-state index contributed by atoms with van der Waals surface area (Å²) in [4.78, 5) is 15.6. The number of Topliss-reactive ketones (excluding diaryl/α,β-unsaturated/α-hetero) is 1. The normalized spacial score (nSPS) is 13.1. The smallest absolute Gasteiger partial charge is 0.136 e. The van der Waals surface area contributed by atoms with E-state index in [2.05, 4.69) is 57.8 Å². The van der Waals surface area contributed by atoms with Gasteiger partial charge in [-0.15, -0.1) is 11.8 Å². The third kappa shape index (κ3) is 4.43. The largest absolute Gasteiger partial charge is 0.349 e. The molecule has 1 atom stereocenters. The molecule has 0 unspecified atom stereocenters. The van der Waals surface area contributed by atoms with Crippen LogP contribution in [0.5, 0.6) is 0 Å². The fourth-order valence-electron chi connectivity index (χ4n) is 3.25. The zero-order valence-electron chi connectivity index (χ0n) is 17.5. The minimum Gasteiger partial charge on any atom is -0.349 e. The Kier molecular flexibility index (Phi) is 6.44. The molecule has 0 aliphatic carbocycles. The van der Waals surface area contributed by atoms with Gasteiger partial charge in [0.2, 0.25) is 0 Å². The van der Waals surface area contributed by atoms with E-state index < -0.39 is 0 Å². The van der Waals surface area contributed by atoms with Crippen LogP contribution in [-0.2, 0) is 4.79 Å². The van der Waals surface area contributed by atoms with Gasteiger partial charge in [-0.1, -0.05) is 44.9 Å². The van der Waals surface area contributed by atoms with Crippen molar-refractivity contribution in [1.29, 1.82) is 0 Å². The summed E-state index contributed by atoms with van der Waals surface area (Å²) >= 11 is 1.77. The second kappa shape index (κ2) is 8.04. The lowest BCUT2D eigenvalue weighted by atomic mass is 9.92. The molecule has 1 N–H and O–H groups in total. The number of carbonyl (C=O) groups is 1. The van der Waals surface area contributed by atoms with Crippen LogP contribution < -0.4 is 0 Å². The number of nitrogens with one attached hydrogen (secondary N) is 1. The van der Waals surface area contributed by atoms with E-state index in [1.807, 2.05) is 13.8 Å². The number of ketones is 1. The molecule has 0 radical (unpaired) electrons. The highest BCUT2D eigenvalue weighted by Crippen LogP contribution is 2.40. The van der Waals surface area contributed by atoms with Crippen LogP contribution in [0.2, 0.25) is 0 Å². The Morgan fingerprint density at radius 3 is 2.23 bits per heavy atom. The molecule has 0 spiro atoms. The number of carbonyl (C=O) groups excluding carboxylic acids is 1. The summed E-state index contributed by atoms with van der Waals surface area (Å²) in [7, 11) is 0. The highest BCUT2D eigenvalue weighted by molar-refractivity contribution is 7.99. The number of aromatic nitrogens is 1. The number of aromatic amines is 1. The van der Waals surface area contributed by atoms with E-state index in [0.717, 1.165) is 12.2 Å². The Labute approximate surface area is 163 Å². The van der Waals surface area contributed by atoms with Crippen LogP contribution in [-0.4, -0.2) is 16.5 Å². The van der Waals surface area contributed by atoms with Crippen molar-refractivity contribution in [3.63, 3.8) is 0 Å². The van der Waals surface area contributed by atoms with E-state index in [1.54, 1.807) is 18.7 Å². The highest BCUT2D eigenvalue weighted by Gasteiger charge is 2.26. The minimum absolute atomic E-state index is 0.242. The van der Waals surface area contributed by atoms with Gasteiger partial charge in [0, 0.05) is 11.2 Å². The van der Waals surface area contributed by atoms with Crippen molar-refractivity contribution in [2.75, 3.05) is 5.75 Å². The molecule has 0 bridgehead atoms. The quantitative estimate of drug-likeness (QED) is 0.541. The Morgan fingerprint density at radius 1 is 1.15 bits per heavy atom. The molecular weight excluding hydrogens is 338 g/mol. The topological polar surface area (TPSA) is 32.9 Å². The molecule has 2 aromatic rings. The maximum atomic E-state index is 11.9. The van der Waals surface area contributed by atoms with Gasteiger partial charge < -0.3 is 4.98 Å². The molecule has 0 aliphatic heterocycles. The van der Waals surface area contributed by atoms with Crippen molar-refractivity contribution in [1.82, 2.24) is 4.98 Å². The SMILES string of the molecule is CC[C@@H](C)c1c(-c2cc(C)cc(C)c2)[nH]c(SCC(C)(C)C(C)=O)c1C. The predicted molar refractivity (Wildman–Crippen MR) is 114 cm³/mol. The Bertz CT molecular complexity index is 781. The zero-order chi connectivity index (χ0) is 19.6. The Hall–Kier alpha value is -1.48. The number of aryl methyl sites for hydroxylation is 2. The van der Waals surface area contributed by atoms with Gasteiger partial charge in [0.25, 0.3) is 0 Å². The summed E-state index contributed by atoms with van der Waals surface area (Å²) in [6.45, 7) is 16.8. The Morgan fingerprint density at radius 2 is 1.73 bits per heavy atom. The monoisotopic (exact) mass is 371 g/mol. The van der Waals surface area contributed by atoms with Gasteiger partial charge in [-0.05, 0) is 68.9 Å². The first kappa shape index (κ1) is 20.8. The molecule has 2 nitrogen and oxygen atoms in total. The molecule has 0 saturated carbocycles. The van der Waals surface area contributed by atoms with Gasteiger partial charge >= 0.3 is 0 Å². The number of benzene rings is 1. The maximum Gasteiger partial charge on any atom is 0.136 e. The first-order chi connectivity index (χ1) is 12.1. The van der Waals surface area contributed by atoms with E-state index in [0.29, 0.717) is 5.92 Å². The van der Waals surface area contributed by atoms with Crippen molar-refractivity contribution >= 4 is 17.5 Å². The second-order valence-corrected chi connectivity index (χ2v) is 9.27. The number of hydrogen-bond donors (Lipinski definition) is 1. The summed E-state index contributed by atoms with van der Waals surface area (Å²) < 4.78 is 0. The molecule has 0 saturated heterocycles. The lowest BCUT2D eigenvalue weighted by molar-refractivity contribution is -0.123. The molecule has 142 valence electrons. The molecule has 1 aromatic carbocycles. The molecule has 0 fully saturated rings. The maximum absolute atomic E-state index is 11.9. The molecule has 0 aliphatic rings. The van der Waals surface area contributed by atoms with E-state index >= 15 is 0 Å². The fraction of sp³-hybridized carbons (Fsp3) is 0.522. The van der Waals surface area contributed by atoms with Crippen LogP contribution in [0.4, 0.5) is 0 Å². The van der Waals surface area contributed by atoms with Crippen molar-refractivity contribution in [2.45, 2.75) is 72.8 Å². The first-order valence-electron chi connectivity index (χ1n) is 9.51. The van der Waals surface area contributed by atoms with Crippen LogP contribution in [0.1, 0.15) is 69.2 Å². The van der Waals surface area contributed by atoms with Gasteiger partial charge in [0.15, 0.2) is 0 Å². The molecule has 26 heavy (non-hydrogen) atoms. The summed E-state index contributed by atoms with van der Waals surface area (Å²) in [5, 5.41) is 1.20. The minimum atomic E-state index is -0.307. The standard InChI is InChI=1S/C23H33NOS/c1-9-16(4)20-17(5)22(26-13-23(7,8)18(6)25)24-21(20)19-11-14(2)10-15(3)12-19/h10-12,16,24H,9,13H2,1-8H3/t16-/m1/s1. The van der Waals surface area contributed by atoms with Crippen molar-refractivity contribution < 1.29 is 4.79 Å². The third-order valence-electron chi connectivity index (χ3n) is 5.40. The number of rotatable bonds is 7. The third-order valence-corrected chi connectivity index (χ3v) is 6.96. The summed E-state index contributed by atoms with van der Waals surface area (Å²) in [6, 6.07) is 6.74. The highest BCUT2D eigenvalue weighted by atomic mass is 32.2. The van der Waals surface area contributed by atoms with E-state index in [-0.39, 0.29) is 11.2 Å². The van der Waals surface area contributed by atoms with Gasteiger partial charge in [0.05, 0.1) is 10.7 Å². The molecule has 1 heterocycles. The fourth-order valence-corrected chi connectivity index (χ4v) is 4.46. The van der Waals surface area contributed by atoms with Crippen LogP contribution in [0.15, 0.2) is 23.2 Å². The summed E-state index contributed by atoms with van der Waals surface area (Å²) in [5.41, 5.74) is 7.52. The summed E-state index contributed by atoms with van der Waals surface area (Å²) in [6.07, 6.45) is 1.11. The van der Waals surface area contributed by atoms with Crippen LogP contribution in [0.25, 0.3) is 11.3 Å². The molecule has 1 aromatic heterocycles. The van der Waals surface area contributed by atoms with E-state index in [1.165, 1.54) is 38.5 Å². The van der Waals surface area contributed by atoms with Gasteiger partial charge in [-0.3, -0.25) is 4.79 Å². The van der Waals surface area contributed by atoms with Crippen LogP contribution >= 0.6 is 11.8 Å². The van der Waals surface area contributed by atoms with Crippen LogP contribution in [0.3, 0.4) is 0 Å². The van der Waals surface area contributed by atoms with Crippen LogP contribution in [0, 0.1) is 26.2 Å².